The second-order valence-corrected chi connectivity index (χ2v) is 9.75. The zero-order valence-corrected chi connectivity index (χ0v) is 18.8. The number of benzene rings is 2. The Morgan fingerprint density at radius 3 is 2.21 bits per heavy atom. The summed E-state index contributed by atoms with van der Waals surface area (Å²) in [5.74, 6) is 0.531. The number of likely N-dealkylation sites (tertiary alicyclic amines) is 1. The molecule has 2 aromatic rings. The molecule has 3 amide bonds. The van der Waals surface area contributed by atoms with Gasteiger partial charge in [-0.25, -0.2) is 0 Å². The Hall–Kier alpha value is -3.12. The van der Waals surface area contributed by atoms with E-state index in [1.807, 2.05) is 6.07 Å². The minimum atomic E-state index is -0.337. The number of allylic oxidation sites excluding steroid dienone is 2. The lowest BCUT2D eigenvalue weighted by molar-refractivity contribution is -0.140. The van der Waals surface area contributed by atoms with E-state index in [0.717, 1.165) is 6.42 Å². The van der Waals surface area contributed by atoms with Gasteiger partial charge in [-0.1, -0.05) is 35.9 Å². The highest BCUT2D eigenvalue weighted by Crippen LogP contribution is 2.65. The molecule has 7 rings (SSSR count). The van der Waals surface area contributed by atoms with Crippen LogP contribution in [0.4, 0.5) is 5.69 Å². The molecular formula is C26H23ClN2O4. The molecule has 2 bridgehead atoms. The third kappa shape index (κ3) is 3.04. The fourth-order valence-electron chi connectivity index (χ4n) is 6.15. The molecule has 0 radical (unpaired) electrons. The van der Waals surface area contributed by atoms with Gasteiger partial charge in [-0.05, 0) is 66.5 Å². The number of ether oxygens (including phenoxy) is 1. The number of carbonyl (C=O) groups excluding carboxylic acids is 3. The maximum absolute atomic E-state index is 13.6. The Morgan fingerprint density at radius 2 is 1.61 bits per heavy atom. The van der Waals surface area contributed by atoms with Crippen LogP contribution in [0.1, 0.15) is 16.8 Å². The highest BCUT2D eigenvalue weighted by atomic mass is 35.5. The third-order valence-corrected chi connectivity index (χ3v) is 8.00. The minimum absolute atomic E-state index is 0.137. The molecule has 6 atom stereocenters. The summed E-state index contributed by atoms with van der Waals surface area (Å²) in [5.41, 5.74) is 0.907. The Balaban J connectivity index is 1.36. The van der Waals surface area contributed by atoms with Crippen molar-refractivity contribution in [1.29, 1.82) is 0 Å². The molecule has 5 aliphatic rings. The molecule has 0 N–H and O–H groups in total. The fraction of sp³-hybridized carbons (Fsp3) is 0.346. The number of hydrogen-bond acceptors (Lipinski definition) is 4. The number of halogens is 1. The smallest absolute Gasteiger partial charge is 0.259 e. The van der Waals surface area contributed by atoms with E-state index in [4.69, 9.17) is 16.3 Å². The predicted octanol–water partition coefficient (Wildman–Crippen LogP) is 4.01. The fourth-order valence-corrected chi connectivity index (χ4v) is 6.28. The van der Waals surface area contributed by atoms with Crippen LogP contribution in [0.15, 0.2) is 60.7 Å². The number of carbonyl (C=O) groups is 3. The number of anilines is 1. The van der Waals surface area contributed by atoms with Gasteiger partial charge >= 0.3 is 0 Å². The van der Waals surface area contributed by atoms with Gasteiger partial charge in [-0.3, -0.25) is 24.2 Å². The Bertz CT molecular complexity index is 1160. The van der Waals surface area contributed by atoms with Gasteiger partial charge in [0.15, 0.2) is 0 Å². The van der Waals surface area contributed by atoms with Crippen LogP contribution >= 0.6 is 11.6 Å². The van der Waals surface area contributed by atoms with E-state index >= 15 is 0 Å². The number of hydrogen-bond donors (Lipinski definition) is 0. The average Bonchev–Trinajstić information content (AvgIpc) is 3.62. The van der Waals surface area contributed by atoms with Gasteiger partial charge < -0.3 is 4.74 Å². The van der Waals surface area contributed by atoms with Crippen molar-refractivity contribution in [3.63, 3.8) is 0 Å². The SMILES string of the molecule is COc1ccccc1N(CN1C(=O)[C@H]2[C@@H]3C=C[C@H]([C@@H]4C[C@H]34)[C@@H]2C1=O)C(=O)c1ccc(Cl)cc1. The highest BCUT2D eigenvalue weighted by Gasteiger charge is 2.67. The van der Waals surface area contributed by atoms with E-state index in [-0.39, 0.29) is 48.1 Å². The normalized spacial score (nSPS) is 30.8. The molecule has 0 spiro atoms. The number of methoxy groups -OCH3 is 1. The third-order valence-electron chi connectivity index (χ3n) is 7.75. The molecule has 7 heteroatoms. The van der Waals surface area contributed by atoms with Gasteiger partial charge in [-0.15, -0.1) is 0 Å². The number of rotatable bonds is 5. The molecule has 0 aromatic heterocycles. The Labute approximate surface area is 196 Å². The van der Waals surface area contributed by atoms with Crippen molar-refractivity contribution in [2.45, 2.75) is 6.42 Å². The quantitative estimate of drug-likeness (QED) is 0.497. The molecule has 3 fully saturated rings. The van der Waals surface area contributed by atoms with E-state index in [0.29, 0.717) is 33.9 Å². The first-order valence-electron chi connectivity index (χ1n) is 11.2. The van der Waals surface area contributed by atoms with E-state index in [1.54, 1.807) is 42.5 Å². The van der Waals surface area contributed by atoms with Crippen LogP contribution in [-0.4, -0.2) is 36.4 Å². The van der Waals surface area contributed by atoms with Crippen LogP contribution in [0.25, 0.3) is 0 Å². The van der Waals surface area contributed by atoms with Crippen LogP contribution < -0.4 is 9.64 Å². The summed E-state index contributed by atoms with van der Waals surface area (Å²) in [7, 11) is 1.53. The summed E-state index contributed by atoms with van der Waals surface area (Å²) in [6, 6.07) is 13.7. The molecule has 2 saturated carbocycles. The number of amides is 3. The van der Waals surface area contributed by atoms with E-state index in [9.17, 15) is 14.4 Å². The van der Waals surface area contributed by atoms with Crippen LogP contribution in [0.3, 0.4) is 0 Å². The second kappa shape index (κ2) is 7.45. The minimum Gasteiger partial charge on any atom is -0.495 e. The Morgan fingerprint density at radius 1 is 1.00 bits per heavy atom. The van der Waals surface area contributed by atoms with Crippen molar-refractivity contribution >= 4 is 35.0 Å². The lowest BCUT2D eigenvalue weighted by atomic mass is 9.63. The molecule has 0 unspecified atom stereocenters. The lowest BCUT2D eigenvalue weighted by Crippen LogP contribution is -2.45. The summed E-state index contributed by atoms with van der Waals surface area (Å²) in [5, 5.41) is 0.519. The van der Waals surface area contributed by atoms with Crippen molar-refractivity contribution in [2.75, 3.05) is 18.7 Å². The van der Waals surface area contributed by atoms with E-state index in [1.165, 1.54) is 16.9 Å². The summed E-state index contributed by atoms with van der Waals surface area (Å²) < 4.78 is 5.49. The highest BCUT2D eigenvalue weighted by molar-refractivity contribution is 6.30. The van der Waals surface area contributed by atoms with Crippen LogP contribution in [-0.2, 0) is 9.59 Å². The maximum atomic E-state index is 13.6. The van der Waals surface area contributed by atoms with Crippen LogP contribution in [0.5, 0.6) is 5.75 Å². The topological polar surface area (TPSA) is 66.9 Å². The van der Waals surface area contributed by atoms with Gasteiger partial charge in [0.2, 0.25) is 11.8 Å². The summed E-state index contributed by atoms with van der Waals surface area (Å²) in [6.07, 6.45) is 5.40. The average molecular weight is 463 g/mol. The Kier molecular flexibility index (Phi) is 4.63. The molecule has 2 aromatic carbocycles. The van der Waals surface area contributed by atoms with Crippen molar-refractivity contribution in [3.05, 3.63) is 71.3 Å². The van der Waals surface area contributed by atoms with Crippen molar-refractivity contribution < 1.29 is 19.1 Å². The van der Waals surface area contributed by atoms with Crippen LogP contribution in [0.2, 0.25) is 5.02 Å². The van der Waals surface area contributed by atoms with Crippen molar-refractivity contribution in [1.82, 2.24) is 4.90 Å². The zero-order chi connectivity index (χ0) is 22.9. The molecule has 33 heavy (non-hydrogen) atoms. The molecule has 1 heterocycles. The number of imide groups is 1. The predicted molar refractivity (Wildman–Crippen MR) is 123 cm³/mol. The largest absolute Gasteiger partial charge is 0.495 e. The standard InChI is InChI=1S/C26H23ClN2O4/c1-33-21-5-3-2-4-20(21)28(24(30)14-6-8-15(27)9-7-14)13-29-25(31)22-16-10-11-17(19-12-18(16)19)23(22)26(29)32/h2-11,16-19,22-23H,12-13H2,1H3/t16-,17-,18-,19+,22+,23+/m1/s1. The molecule has 1 aliphatic heterocycles. The van der Waals surface area contributed by atoms with Crippen molar-refractivity contribution in [2.24, 2.45) is 35.5 Å². The number of para-hydroxylation sites is 2. The first-order chi connectivity index (χ1) is 16.0. The van der Waals surface area contributed by atoms with Gasteiger partial charge in [0, 0.05) is 10.6 Å². The molecule has 6 nitrogen and oxygen atoms in total. The maximum Gasteiger partial charge on any atom is 0.259 e. The molecule has 168 valence electrons. The number of nitrogens with zero attached hydrogens (tertiary/aromatic N) is 2. The lowest BCUT2D eigenvalue weighted by Gasteiger charge is -2.37. The zero-order valence-electron chi connectivity index (χ0n) is 18.1. The first-order valence-corrected chi connectivity index (χ1v) is 11.6. The van der Waals surface area contributed by atoms with E-state index in [2.05, 4.69) is 12.2 Å². The second-order valence-electron chi connectivity index (χ2n) is 9.31. The van der Waals surface area contributed by atoms with Crippen molar-refractivity contribution in [3.8, 4) is 5.75 Å². The van der Waals surface area contributed by atoms with Gasteiger partial charge in [0.05, 0.1) is 24.6 Å². The summed E-state index contributed by atoms with van der Waals surface area (Å²) >= 11 is 6.01. The summed E-state index contributed by atoms with van der Waals surface area (Å²) in [6.45, 7) is -0.152. The van der Waals surface area contributed by atoms with Crippen LogP contribution in [0, 0.1) is 35.5 Å². The van der Waals surface area contributed by atoms with Gasteiger partial charge in [0.1, 0.15) is 12.4 Å². The molecule has 1 saturated heterocycles. The monoisotopic (exact) mass is 462 g/mol. The van der Waals surface area contributed by atoms with Gasteiger partial charge in [0.25, 0.3) is 5.91 Å². The molecule has 4 aliphatic carbocycles. The van der Waals surface area contributed by atoms with E-state index < -0.39 is 0 Å². The summed E-state index contributed by atoms with van der Waals surface area (Å²) in [4.78, 5) is 43.4. The molecular weight excluding hydrogens is 440 g/mol. The van der Waals surface area contributed by atoms with Gasteiger partial charge in [-0.2, -0.15) is 0 Å². The first kappa shape index (κ1) is 20.5.